The first kappa shape index (κ1) is 17.2. The van der Waals surface area contributed by atoms with Crippen molar-refractivity contribution in [3.63, 3.8) is 0 Å². The van der Waals surface area contributed by atoms with Crippen molar-refractivity contribution in [2.45, 2.75) is 26.3 Å². The monoisotopic (exact) mass is 378 g/mol. The Kier molecular flexibility index (Phi) is 5.92. The van der Waals surface area contributed by atoms with Gasteiger partial charge in [0.25, 0.3) is 0 Å². The molecule has 0 aliphatic rings. The van der Waals surface area contributed by atoms with Crippen molar-refractivity contribution >= 4 is 33.4 Å². The molecule has 1 atom stereocenters. The van der Waals surface area contributed by atoms with Gasteiger partial charge in [0.2, 0.25) is 11.8 Å². The van der Waals surface area contributed by atoms with Crippen LogP contribution in [0, 0.1) is 6.92 Å². The topological polar surface area (TPSA) is 76.0 Å². The Morgan fingerprint density at radius 1 is 1.39 bits per heavy atom. The molecule has 122 valence electrons. The standard InChI is InChI=1S/C16H19BrN4O2/c1-11-3-4-13(17)9-14(11)20-15(22)5-6-19-16(23)12(2)21-8-7-18-10-21/h3-4,7-10,12H,5-6H2,1-2H3,(H,19,23)(H,20,22). The predicted molar refractivity (Wildman–Crippen MR) is 92.1 cm³/mol. The molecule has 0 fully saturated rings. The van der Waals surface area contributed by atoms with E-state index in [0.717, 1.165) is 15.7 Å². The molecule has 6 nitrogen and oxygen atoms in total. The van der Waals surface area contributed by atoms with Gasteiger partial charge in [0, 0.05) is 35.5 Å². The van der Waals surface area contributed by atoms with Gasteiger partial charge in [0.05, 0.1) is 6.33 Å². The van der Waals surface area contributed by atoms with E-state index in [0.29, 0.717) is 0 Å². The van der Waals surface area contributed by atoms with Crippen molar-refractivity contribution in [1.29, 1.82) is 0 Å². The van der Waals surface area contributed by atoms with Gasteiger partial charge in [0.1, 0.15) is 6.04 Å². The zero-order chi connectivity index (χ0) is 16.8. The van der Waals surface area contributed by atoms with Crippen molar-refractivity contribution in [2.75, 3.05) is 11.9 Å². The van der Waals surface area contributed by atoms with Crippen LogP contribution >= 0.6 is 15.9 Å². The summed E-state index contributed by atoms with van der Waals surface area (Å²) in [5, 5.41) is 5.60. The second kappa shape index (κ2) is 7.92. The van der Waals surface area contributed by atoms with Gasteiger partial charge in [-0.25, -0.2) is 4.98 Å². The van der Waals surface area contributed by atoms with Gasteiger partial charge >= 0.3 is 0 Å². The minimum Gasteiger partial charge on any atom is -0.354 e. The summed E-state index contributed by atoms with van der Waals surface area (Å²) in [6, 6.07) is 5.34. The first-order valence-electron chi connectivity index (χ1n) is 7.28. The summed E-state index contributed by atoms with van der Waals surface area (Å²) < 4.78 is 2.61. The number of aromatic nitrogens is 2. The molecular weight excluding hydrogens is 360 g/mol. The molecule has 0 spiro atoms. The second-order valence-electron chi connectivity index (χ2n) is 5.23. The summed E-state index contributed by atoms with van der Waals surface area (Å²) in [4.78, 5) is 27.9. The highest BCUT2D eigenvalue weighted by Crippen LogP contribution is 2.20. The molecular formula is C16H19BrN4O2. The van der Waals surface area contributed by atoms with Gasteiger partial charge in [-0.2, -0.15) is 0 Å². The summed E-state index contributed by atoms with van der Waals surface area (Å²) in [5.74, 6) is -0.281. The Hall–Kier alpha value is -2.15. The lowest BCUT2D eigenvalue weighted by atomic mass is 10.2. The lowest BCUT2D eigenvalue weighted by Gasteiger charge is -2.13. The molecule has 1 heterocycles. The molecule has 2 rings (SSSR count). The summed E-state index contributed by atoms with van der Waals surface area (Å²) in [7, 11) is 0. The fourth-order valence-electron chi connectivity index (χ4n) is 2.02. The molecule has 2 aromatic rings. The number of benzene rings is 1. The number of halogens is 1. The normalized spacial score (nSPS) is 11.8. The number of nitrogens with zero attached hydrogens (tertiary/aromatic N) is 2. The summed E-state index contributed by atoms with van der Waals surface area (Å²) >= 11 is 3.38. The third kappa shape index (κ3) is 4.92. The lowest BCUT2D eigenvalue weighted by Crippen LogP contribution is -2.33. The average molecular weight is 379 g/mol. The molecule has 2 amide bonds. The Balaban J connectivity index is 1.78. The molecule has 7 heteroatoms. The number of carbonyl (C=O) groups excluding carboxylic acids is 2. The van der Waals surface area contributed by atoms with Crippen LogP contribution in [0.2, 0.25) is 0 Å². The van der Waals surface area contributed by atoms with Crippen molar-refractivity contribution in [2.24, 2.45) is 0 Å². The van der Waals surface area contributed by atoms with Gasteiger partial charge in [-0.1, -0.05) is 22.0 Å². The van der Waals surface area contributed by atoms with Crippen LogP contribution in [0.5, 0.6) is 0 Å². The molecule has 0 saturated heterocycles. The number of imidazole rings is 1. The lowest BCUT2D eigenvalue weighted by molar-refractivity contribution is -0.124. The largest absolute Gasteiger partial charge is 0.354 e. The zero-order valence-electron chi connectivity index (χ0n) is 13.0. The molecule has 0 radical (unpaired) electrons. The Morgan fingerprint density at radius 3 is 2.87 bits per heavy atom. The Labute approximate surface area is 143 Å². The maximum atomic E-state index is 12.0. The molecule has 23 heavy (non-hydrogen) atoms. The minimum absolute atomic E-state index is 0.137. The number of hydrogen-bond donors (Lipinski definition) is 2. The van der Waals surface area contributed by atoms with E-state index in [4.69, 9.17) is 0 Å². The molecule has 0 aliphatic heterocycles. The number of hydrogen-bond acceptors (Lipinski definition) is 3. The third-order valence-corrected chi connectivity index (χ3v) is 3.97. The van der Waals surface area contributed by atoms with Crippen molar-refractivity contribution in [3.05, 3.63) is 47.0 Å². The van der Waals surface area contributed by atoms with Crippen LogP contribution in [0.4, 0.5) is 5.69 Å². The predicted octanol–water partition coefficient (Wildman–Crippen LogP) is 2.66. The van der Waals surface area contributed by atoms with Crippen molar-refractivity contribution in [1.82, 2.24) is 14.9 Å². The minimum atomic E-state index is -0.354. The number of rotatable bonds is 6. The van der Waals surface area contributed by atoms with E-state index in [1.807, 2.05) is 25.1 Å². The highest BCUT2D eigenvalue weighted by molar-refractivity contribution is 9.10. The SMILES string of the molecule is Cc1ccc(Br)cc1NC(=O)CCNC(=O)C(C)n1ccnc1. The quantitative estimate of drug-likeness (QED) is 0.810. The number of carbonyl (C=O) groups is 2. The van der Waals surface area contributed by atoms with Crippen molar-refractivity contribution < 1.29 is 9.59 Å². The molecule has 0 saturated carbocycles. The van der Waals surface area contributed by atoms with Gasteiger partial charge < -0.3 is 15.2 Å². The van der Waals surface area contributed by atoms with Crippen LogP contribution in [0.25, 0.3) is 0 Å². The molecule has 1 unspecified atom stereocenters. The van der Waals surface area contributed by atoms with E-state index in [2.05, 4.69) is 31.5 Å². The van der Waals surface area contributed by atoms with Crippen LogP contribution in [-0.2, 0) is 9.59 Å². The van der Waals surface area contributed by atoms with Crippen molar-refractivity contribution in [3.8, 4) is 0 Å². The van der Waals surface area contributed by atoms with Crippen LogP contribution in [-0.4, -0.2) is 27.9 Å². The maximum Gasteiger partial charge on any atom is 0.242 e. The maximum absolute atomic E-state index is 12.0. The van der Waals surface area contributed by atoms with E-state index in [9.17, 15) is 9.59 Å². The first-order valence-corrected chi connectivity index (χ1v) is 8.08. The number of amides is 2. The molecule has 0 aliphatic carbocycles. The number of nitrogens with one attached hydrogen (secondary N) is 2. The highest BCUT2D eigenvalue weighted by Gasteiger charge is 2.14. The molecule has 1 aromatic carbocycles. The van der Waals surface area contributed by atoms with Crippen LogP contribution in [0.1, 0.15) is 24.9 Å². The first-order chi connectivity index (χ1) is 11.0. The summed E-state index contributed by atoms with van der Waals surface area (Å²) in [6.45, 7) is 4.00. The summed E-state index contributed by atoms with van der Waals surface area (Å²) in [5.41, 5.74) is 1.75. The van der Waals surface area contributed by atoms with Gasteiger partial charge in [0.15, 0.2) is 0 Å². The van der Waals surface area contributed by atoms with Crippen LogP contribution in [0.3, 0.4) is 0 Å². The Morgan fingerprint density at radius 2 is 2.17 bits per heavy atom. The van der Waals surface area contributed by atoms with E-state index in [1.165, 1.54) is 0 Å². The third-order valence-electron chi connectivity index (χ3n) is 3.48. The van der Waals surface area contributed by atoms with Crippen LogP contribution < -0.4 is 10.6 Å². The fourth-order valence-corrected chi connectivity index (χ4v) is 2.38. The molecule has 1 aromatic heterocycles. The van der Waals surface area contributed by atoms with E-state index < -0.39 is 0 Å². The molecule has 2 N–H and O–H groups in total. The van der Waals surface area contributed by atoms with E-state index in [-0.39, 0.29) is 30.8 Å². The fraction of sp³-hybridized carbons (Fsp3) is 0.312. The van der Waals surface area contributed by atoms with Crippen LogP contribution in [0.15, 0.2) is 41.4 Å². The summed E-state index contributed by atoms with van der Waals surface area (Å²) in [6.07, 6.45) is 5.16. The highest BCUT2D eigenvalue weighted by atomic mass is 79.9. The van der Waals surface area contributed by atoms with E-state index >= 15 is 0 Å². The number of anilines is 1. The Bertz CT molecular complexity index is 685. The van der Waals surface area contributed by atoms with Gasteiger partial charge in [-0.05, 0) is 31.5 Å². The van der Waals surface area contributed by atoms with Gasteiger partial charge in [-0.3, -0.25) is 9.59 Å². The number of aryl methyl sites for hydroxylation is 1. The second-order valence-corrected chi connectivity index (χ2v) is 6.15. The molecule has 0 bridgehead atoms. The smallest absolute Gasteiger partial charge is 0.242 e. The average Bonchev–Trinajstić information content (AvgIpc) is 3.04. The van der Waals surface area contributed by atoms with E-state index in [1.54, 1.807) is 30.2 Å². The zero-order valence-corrected chi connectivity index (χ0v) is 14.6. The van der Waals surface area contributed by atoms with Gasteiger partial charge in [-0.15, -0.1) is 0 Å².